The summed E-state index contributed by atoms with van der Waals surface area (Å²) in [7, 11) is 1.64. The Morgan fingerprint density at radius 3 is 2.86 bits per heavy atom. The highest BCUT2D eigenvalue weighted by Gasteiger charge is 2.46. The molecule has 0 radical (unpaired) electrons. The van der Waals surface area contributed by atoms with Crippen molar-refractivity contribution in [1.29, 1.82) is 0 Å². The highest BCUT2D eigenvalue weighted by molar-refractivity contribution is 14.1. The Morgan fingerprint density at radius 2 is 2.19 bits per heavy atom. The van der Waals surface area contributed by atoms with Crippen LogP contribution in [0.1, 0.15) is 19.6 Å². The number of nitrogen functional groups attached to an aromatic ring is 1. The van der Waals surface area contributed by atoms with E-state index in [2.05, 4.69) is 21.9 Å². The van der Waals surface area contributed by atoms with Gasteiger partial charge in [0.25, 0.3) is 0 Å². The molecule has 4 atom stereocenters. The Morgan fingerprint density at radius 1 is 1.38 bits per heavy atom. The van der Waals surface area contributed by atoms with E-state index in [1.165, 1.54) is 6.33 Å². The van der Waals surface area contributed by atoms with Crippen molar-refractivity contribution in [3.8, 4) is 0 Å². The maximum absolute atomic E-state index is 6.08. The van der Waals surface area contributed by atoms with E-state index in [-0.39, 0.29) is 24.5 Å². The maximum Gasteiger partial charge on any atom is 0.167 e. The molecule has 1 aliphatic rings. The molecule has 0 bridgehead atoms. The Kier molecular flexibility index (Phi) is 4.24. The molecular weight excluding hydrogens is 389 g/mol. The largest absolute Gasteiger partial charge is 0.382 e. The standard InChI is InChI=1S/C12H16IN5O3/c1-3-6-8(21-13)9(19-2)12(20-6)18-5-17-7-10(14)15-4-16-11(7)18/h4-6,8-9,12H,3H2,1-2H3,(H2,14,15,16)/t6-,8?,9?,12-/m1/s1. The fraction of sp³-hybridized carbons (Fsp3) is 0.583. The first kappa shape index (κ1) is 14.9. The summed E-state index contributed by atoms with van der Waals surface area (Å²) in [5.74, 6) is 0.347. The predicted octanol–water partition coefficient (Wildman–Crippen LogP) is 1.47. The number of rotatable bonds is 4. The van der Waals surface area contributed by atoms with Crippen LogP contribution in [0.4, 0.5) is 5.82 Å². The van der Waals surface area contributed by atoms with Crippen molar-refractivity contribution < 1.29 is 12.5 Å². The summed E-state index contributed by atoms with van der Waals surface area (Å²) in [5.41, 5.74) is 7.00. The normalized spacial score (nSPS) is 29.3. The number of hydrogen-bond donors (Lipinski definition) is 1. The van der Waals surface area contributed by atoms with E-state index in [9.17, 15) is 0 Å². The minimum absolute atomic E-state index is 0.0477. The lowest BCUT2D eigenvalue weighted by Gasteiger charge is -2.21. The third-order valence-electron chi connectivity index (χ3n) is 3.72. The van der Waals surface area contributed by atoms with Crippen LogP contribution in [0, 0.1) is 0 Å². The minimum atomic E-state index is -0.362. The molecule has 1 fully saturated rings. The van der Waals surface area contributed by atoms with E-state index in [0.717, 1.165) is 6.42 Å². The molecule has 2 aromatic rings. The molecule has 0 spiro atoms. The van der Waals surface area contributed by atoms with Crippen LogP contribution in [-0.2, 0) is 12.5 Å². The molecule has 8 nitrogen and oxygen atoms in total. The summed E-state index contributed by atoms with van der Waals surface area (Å²) in [6.07, 6.45) is 3.08. The number of methoxy groups -OCH3 is 1. The Bertz CT molecular complexity index is 636. The molecule has 114 valence electrons. The second kappa shape index (κ2) is 5.99. The van der Waals surface area contributed by atoms with Crippen LogP contribution < -0.4 is 5.73 Å². The minimum Gasteiger partial charge on any atom is -0.382 e. The van der Waals surface area contributed by atoms with E-state index in [1.807, 2.05) is 27.6 Å². The molecule has 2 unspecified atom stereocenters. The molecule has 0 aliphatic carbocycles. The Hall–Kier alpha value is -1.04. The molecule has 2 N–H and O–H groups in total. The van der Waals surface area contributed by atoms with Crippen LogP contribution in [0.3, 0.4) is 0 Å². The van der Waals surface area contributed by atoms with Crippen LogP contribution >= 0.6 is 23.0 Å². The number of ether oxygens (including phenoxy) is 2. The van der Waals surface area contributed by atoms with E-state index in [0.29, 0.717) is 17.0 Å². The topological polar surface area (TPSA) is 97.3 Å². The molecule has 0 saturated carbocycles. The first-order chi connectivity index (χ1) is 10.2. The maximum atomic E-state index is 6.08. The number of nitrogens with zero attached hydrogens (tertiary/aromatic N) is 4. The van der Waals surface area contributed by atoms with Crippen LogP contribution in [0.15, 0.2) is 12.7 Å². The number of anilines is 1. The number of imidazole rings is 1. The predicted molar refractivity (Wildman–Crippen MR) is 83.6 cm³/mol. The molecule has 0 amide bonds. The third kappa shape index (κ3) is 2.37. The van der Waals surface area contributed by atoms with Gasteiger partial charge < -0.3 is 18.3 Å². The quantitative estimate of drug-likeness (QED) is 0.770. The molecular formula is C12H16IN5O3. The zero-order valence-electron chi connectivity index (χ0n) is 11.6. The number of hydrogen-bond acceptors (Lipinski definition) is 7. The summed E-state index contributed by atoms with van der Waals surface area (Å²) >= 11 is 1.89. The smallest absolute Gasteiger partial charge is 0.167 e. The zero-order valence-corrected chi connectivity index (χ0v) is 13.8. The van der Waals surface area contributed by atoms with Gasteiger partial charge in [-0.2, -0.15) is 0 Å². The lowest BCUT2D eigenvalue weighted by molar-refractivity contribution is -0.0488. The van der Waals surface area contributed by atoms with E-state index in [4.69, 9.17) is 18.3 Å². The first-order valence-corrected chi connectivity index (χ1v) is 7.48. The highest BCUT2D eigenvalue weighted by Crippen LogP contribution is 2.37. The van der Waals surface area contributed by atoms with Crippen molar-refractivity contribution in [1.82, 2.24) is 19.5 Å². The van der Waals surface area contributed by atoms with Crippen molar-refractivity contribution in [2.24, 2.45) is 0 Å². The molecule has 3 heterocycles. The summed E-state index contributed by atoms with van der Waals surface area (Å²) in [6, 6.07) is 0. The van der Waals surface area contributed by atoms with Crippen molar-refractivity contribution in [3.05, 3.63) is 12.7 Å². The monoisotopic (exact) mass is 405 g/mol. The highest BCUT2D eigenvalue weighted by atomic mass is 127. The van der Waals surface area contributed by atoms with Crippen LogP contribution in [-0.4, -0.2) is 44.9 Å². The van der Waals surface area contributed by atoms with Gasteiger partial charge in [-0.05, 0) is 6.42 Å². The van der Waals surface area contributed by atoms with Gasteiger partial charge in [-0.3, -0.25) is 4.57 Å². The van der Waals surface area contributed by atoms with E-state index < -0.39 is 0 Å². The van der Waals surface area contributed by atoms with Gasteiger partial charge in [0.2, 0.25) is 0 Å². The lowest BCUT2D eigenvalue weighted by Crippen LogP contribution is -2.33. The Labute approximate surface area is 135 Å². The SMILES string of the molecule is CC[C@H]1O[C@@H](n2cnc3c(N)ncnc32)C(OC)C1OI. The molecule has 9 heteroatoms. The summed E-state index contributed by atoms with van der Waals surface area (Å²) in [4.78, 5) is 12.5. The summed E-state index contributed by atoms with van der Waals surface area (Å²) < 4.78 is 19.0. The van der Waals surface area contributed by atoms with Crippen LogP contribution in [0.5, 0.6) is 0 Å². The van der Waals surface area contributed by atoms with Crippen LogP contribution in [0.2, 0.25) is 0 Å². The van der Waals surface area contributed by atoms with E-state index in [1.54, 1.807) is 13.4 Å². The molecule has 1 aliphatic heterocycles. The second-order valence-electron chi connectivity index (χ2n) is 4.81. The van der Waals surface area contributed by atoms with Gasteiger partial charge in [-0.25, -0.2) is 15.0 Å². The van der Waals surface area contributed by atoms with E-state index >= 15 is 0 Å². The lowest BCUT2D eigenvalue weighted by atomic mass is 10.1. The van der Waals surface area contributed by atoms with Crippen molar-refractivity contribution in [3.63, 3.8) is 0 Å². The zero-order chi connectivity index (χ0) is 15.0. The molecule has 3 rings (SSSR count). The number of halogens is 1. The fourth-order valence-electron chi connectivity index (χ4n) is 2.68. The van der Waals surface area contributed by atoms with Crippen molar-refractivity contribution >= 4 is 40.0 Å². The number of fused-ring (bicyclic) bond motifs is 1. The number of nitrogens with two attached hydrogens (primary N) is 1. The second-order valence-corrected chi connectivity index (χ2v) is 5.32. The molecule has 21 heavy (non-hydrogen) atoms. The van der Waals surface area contributed by atoms with Gasteiger partial charge in [0.05, 0.1) is 12.4 Å². The summed E-state index contributed by atoms with van der Waals surface area (Å²) in [5, 5.41) is 0. The van der Waals surface area contributed by atoms with Gasteiger partial charge in [0, 0.05) is 7.11 Å². The van der Waals surface area contributed by atoms with Gasteiger partial charge >= 0.3 is 0 Å². The third-order valence-corrected chi connectivity index (χ3v) is 4.31. The average Bonchev–Trinajstić information content (AvgIpc) is 3.07. The van der Waals surface area contributed by atoms with Crippen LogP contribution in [0.25, 0.3) is 11.2 Å². The van der Waals surface area contributed by atoms with Gasteiger partial charge in [-0.1, -0.05) is 6.92 Å². The fourth-order valence-corrected chi connectivity index (χ4v) is 3.29. The average molecular weight is 405 g/mol. The first-order valence-electron chi connectivity index (χ1n) is 6.59. The van der Waals surface area contributed by atoms with Gasteiger partial charge in [0.15, 0.2) is 17.7 Å². The summed E-state index contributed by atoms with van der Waals surface area (Å²) in [6.45, 7) is 2.05. The molecule has 0 aromatic carbocycles. The molecule has 1 saturated heterocycles. The number of aromatic nitrogens is 4. The van der Waals surface area contributed by atoms with Gasteiger partial charge in [0.1, 0.15) is 47.1 Å². The van der Waals surface area contributed by atoms with Crippen molar-refractivity contribution in [2.75, 3.05) is 12.8 Å². The molecule has 2 aromatic heterocycles. The Balaban J connectivity index is 2.03. The van der Waals surface area contributed by atoms with Gasteiger partial charge in [-0.15, -0.1) is 0 Å². The van der Waals surface area contributed by atoms with Crippen molar-refractivity contribution in [2.45, 2.75) is 37.9 Å².